The van der Waals surface area contributed by atoms with Gasteiger partial charge in [0.25, 0.3) is 0 Å². The first-order valence-corrected chi connectivity index (χ1v) is 5.01. The van der Waals surface area contributed by atoms with Gasteiger partial charge in [-0.25, -0.2) is 15.0 Å². The van der Waals surface area contributed by atoms with Crippen molar-refractivity contribution in [3.8, 4) is 6.07 Å². The molecule has 0 aromatic carbocycles. The first-order chi connectivity index (χ1) is 7.40. The van der Waals surface area contributed by atoms with E-state index in [0.29, 0.717) is 5.69 Å². The third-order valence-electron chi connectivity index (χ3n) is 1.65. The summed E-state index contributed by atoms with van der Waals surface area (Å²) in [5, 5.41) is 9.64. The van der Waals surface area contributed by atoms with Gasteiger partial charge in [0.2, 0.25) is 0 Å². The molecule has 4 nitrogen and oxygen atoms in total. The number of hydrogen-bond acceptors (Lipinski definition) is 5. The second-order valence-corrected chi connectivity index (χ2v) is 3.67. The lowest BCUT2D eigenvalue weighted by atomic mass is 10.4. The van der Waals surface area contributed by atoms with Crippen molar-refractivity contribution in [3.63, 3.8) is 0 Å². The Morgan fingerprint density at radius 3 is 2.87 bits per heavy atom. The van der Waals surface area contributed by atoms with Crippen LogP contribution in [-0.2, 0) is 0 Å². The Bertz CT molecular complexity index is 492. The molecule has 15 heavy (non-hydrogen) atoms. The minimum atomic E-state index is 0.418. The van der Waals surface area contributed by atoms with Crippen LogP contribution in [0.25, 0.3) is 0 Å². The Labute approximate surface area is 91.0 Å². The third kappa shape index (κ3) is 2.30. The van der Waals surface area contributed by atoms with Gasteiger partial charge in [-0.2, -0.15) is 5.26 Å². The Kier molecular flexibility index (Phi) is 2.90. The first-order valence-electron chi connectivity index (χ1n) is 4.19. The van der Waals surface area contributed by atoms with E-state index < -0.39 is 0 Å². The molecule has 0 amide bonds. The number of hydrogen-bond donors (Lipinski definition) is 0. The van der Waals surface area contributed by atoms with Crippen molar-refractivity contribution in [2.75, 3.05) is 0 Å². The van der Waals surface area contributed by atoms with E-state index in [1.54, 1.807) is 24.5 Å². The van der Waals surface area contributed by atoms with E-state index in [9.17, 15) is 0 Å². The number of nitrogens with zero attached hydrogens (tertiary/aromatic N) is 4. The van der Waals surface area contributed by atoms with Crippen molar-refractivity contribution in [1.82, 2.24) is 15.0 Å². The first kappa shape index (κ1) is 9.62. The van der Waals surface area contributed by atoms with Gasteiger partial charge in [-0.1, -0.05) is 11.8 Å². The molecule has 0 aliphatic carbocycles. The molecule has 0 saturated carbocycles. The van der Waals surface area contributed by atoms with E-state index in [1.165, 1.54) is 18.1 Å². The molecule has 0 aliphatic rings. The van der Waals surface area contributed by atoms with Gasteiger partial charge < -0.3 is 0 Å². The van der Waals surface area contributed by atoms with Crippen LogP contribution in [0.5, 0.6) is 0 Å². The van der Waals surface area contributed by atoms with Crippen LogP contribution in [0.15, 0.2) is 46.8 Å². The Hall–Kier alpha value is -1.93. The van der Waals surface area contributed by atoms with Crippen LogP contribution >= 0.6 is 11.8 Å². The van der Waals surface area contributed by atoms with Gasteiger partial charge in [-0.3, -0.25) is 0 Å². The molecule has 0 saturated heterocycles. The number of pyridine rings is 1. The summed E-state index contributed by atoms with van der Waals surface area (Å²) in [5.41, 5.74) is 0.418. The summed E-state index contributed by atoms with van der Waals surface area (Å²) in [5.74, 6) is 0. The largest absolute Gasteiger partial charge is 0.245 e. The maximum absolute atomic E-state index is 8.84. The van der Waals surface area contributed by atoms with Crippen molar-refractivity contribution in [2.24, 2.45) is 0 Å². The summed E-state index contributed by atoms with van der Waals surface area (Å²) in [4.78, 5) is 12.7. The van der Waals surface area contributed by atoms with Gasteiger partial charge >= 0.3 is 0 Å². The van der Waals surface area contributed by atoms with Crippen LogP contribution in [0.2, 0.25) is 0 Å². The van der Waals surface area contributed by atoms with Crippen molar-refractivity contribution < 1.29 is 0 Å². The van der Waals surface area contributed by atoms with Crippen LogP contribution in [0.3, 0.4) is 0 Å². The smallest absolute Gasteiger partial charge is 0.154 e. The average molecular weight is 214 g/mol. The predicted molar refractivity (Wildman–Crippen MR) is 55.1 cm³/mol. The van der Waals surface area contributed by atoms with E-state index >= 15 is 0 Å². The fourth-order valence-electron chi connectivity index (χ4n) is 1.01. The van der Waals surface area contributed by atoms with Crippen LogP contribution in [-0.4, -0.2) is 15.0 Å². The standard InChI is InChI=1S/C10H6N4S/c11-6-8-9(2-1-4-13-8)15-10-3-5-12-7-14-10/h1-5,7H. The molecule has 0 unspecified atom stereocenters. The highest BCUT2D eigenvalue weighted by Gasteiger charge is 2.04. The molecule has 0 aliphatic heterocycles. The molecule has 2 aromatic rings. The molecule has 72 valence electrons. The highest BCUT2D eigenvalue weighted by molar-refractivity contribution is 7.99. The molecule has 0 bridgehead atoms. The summed E-state index contributed by atoms with van der Waals surface area (Å²) in [6.45, 7) is 0. The summed E-state index contributed by atoms with van der Waals surface area (Å²) in [6, 6.07) is 7.47. The highest BCUT2D eigenvalue weighted by atomic mass is 32.2. The lowest BCUT2D eigenvalue weighted by molar-refractivity contribution is 1.04. The second kappa shape index (κ2) is 4.53. The van der Waals surface area contributed by atoms with Crippen LogP contribution in [0.1, 0.15) is 5.69 Å². The monoisotopic (exact) mass is 214 g/mol. The highest BCUT2D eigenvalue weighted by Crippen LogP contribution is 2.26. The minimum absolute atomic E-state index is 0.418. The summed E-state index contributed by atoms with van der Waals surface area (Å²) >= 11 is 1.40. The van der Waals surface area contributed by atoms with Crippen molar-refractivity contribution in [1.29, 1.82) is 5.26 Å². The van der Waals surface area contributed by atoms with Crippen molar-refractivity contribution in [3.05, 3.63) is 42.6 Å². The molecule has 2 aromatic heterocycles. The number of nitriles is 1. The quantitative estimate of drug-likeness (QED) is 0.714. The summed E-state index contributed by atoms with van der Waals surface area (Å²) in [7, 11) is 0. The lowest BCUT2D eigenvalue weighted by Crippen LogP contribution is -1.86. The summed E-state index contributed by atoms with van der Waals surface area (Å²) < 4.78 is 0. The van der Waals surface area contributed by atoms with Gasteiger partial charge in [0.1, 0.15) is 17.4 Å². The molecular weight excluding hydrogens is 208 g/mol. The summed E-state index contributed by atoms with van der Waals surface area (Å²) in [6.07, 6.45) is 4.74. The molecule has 2 heterocycles. The SMILES string of the molecule is N#Cc1ncccc1Sc1ccncn1. The molecular formula is C10H6N4S. The zero-order valence-electron chi connectivity index (χ0n) is 7.66. The Balaban J connectivity index is 2.29. The van der Waals surface area contributed by atoms with Crippen LogP contribution < -0.4 is 0 Å². The molecule has 0 radical (unpaired) electrons. The van der Waals surface area contributed by atoms with E-state index in [2.05, 4.69) is 15.0 Å². The Morgan fingerprint density at radius 2 is 2.13 bits per heavy atom. The number of rotatable bonds is 2. The molecule has 2 rings (SSSR count). The molecule has 0 atom stereocenters. The van der Waals surface area contributed by atoms with E-state index in [-0.39, 0.29) is 0 Å². The molecule has 0 fully saturated rings. The van der Waals surface area contributed by atoms with Crippen molar-refractivity contribution >= 4 is 11.8 Å². The van der Waals surface area contributed by atoms with E-state index in [0.717, 1.165) is 9.92 Å². The molecule has 0 spiro atoms. The molecule has 5 heteroatoms. The fraction of sp³-hybridized carbons (Fsp3) is 0. The zero-order valence-corrected chi connectivity index (χ0v) is 8.48. The van der Waals surface area contributed by atoms with Gasteiger partial charge in [-0.15, -0.1) is 0 Å². The van der Waals surface area contributed by atoms with E-state index in [1.807, 2.05) is 12.1 Å². The fourth-order valence-corrected chi connectivity index (χ4v) is 1.80. The molecule has 0 N–H and O–H groups in total. The third-order valence-corrected chi connectivity index (χ3v) is 2.65. The second-order valence-electron chi connectivity index (χ2n) is 2.61. The average Bonchev–Trinajstić information content (AvgIpc) is 2.31. The lowest BCUT2D eigenvalue weighted by Gasteiger charge is -2.00. The van der Waals surface area contributed by atoms with Crippen LogP contribution in [0, 0.1) is 11.3 Å². The van der Waals surface area contributed by atoms with Gasteiger partial charge in [0.15, 0.2) is 5.69 Å². The van der Waals surface area contributed by atoms with Crippen LogP contribution in [0.4, 0.5) is 0 Å². The maximum atomic E-state index is 8.84. The van der Waals surface area contributed by atoms with Gasteiger partial charge in [0.05, 0.1) is 4.90 Å². The van der Waals surface area contributed by atoms with Gasteiger partial charge in [0, 0.05) is 12.4 Å². The topological polar surface area (TPSA) is 62.5 Å². The van der Waals surface area contributed by atoms with Crippen molar-refractivity contribution in [2.45, 2.75) is 9.92 Å². The maximum Gasteiger partial charge on any atom is 0.154 e. The number of aromatic nitrogens is 3. The predicted octanol–water partition coefficient (Wildman–Crippen LogP) is 1.89. The van der Waals surface area contributed by atoms with E-state index in [4.69, 9.17) is 5.26 Å². The Morgan fingerprint density at radius 1 is 1.20 bits per heavy atom. The van der Waals surface area contributed by atoms with Gasteiger partial charge in [-0.05, 0) is 18.2 Å². The zero-order chi connectivity index (χ0) is 10.5. The minimum Gasteiger partial charge on any atom is -0.245 e. The normalized spacial score (nSPS) is 9.53.